The highest BCUT2D eigenvalue weighted by atomic mass is 19.1. The molecule has 15 heteroatoms. The number of benzene rings is 1. The fourth-order valence-electron chi connectivity index (χ4n) is 9.27. The van der Waals surface area contributed by atoms with E-state index >= 15 is 0 Å². The average molecular weight is 857 g/mol. The van der Waals surface area contributed by atoms with Crippen molar-refractivity contribution in [1.82, 2.24) is 10.8 Å². The highest BCUT2D eigenvalue weighted by molar-refractivity contribution is 5.73. The van der Waals surface area contributed by atoms with Crippen LogP contribution in [0.3, 0.4) is 0 Å². The van der Waals surface area contributed by atoms with Crippen LogP contribution in [0.25, 0.3) is 0 Å². The maximum absolute atomic E-state index is 14.4. The Morgan fingerprint density at radius 1 is 0.967 bits per heavy atom. The number of carbonyl (C=O) groups excluding carboxylic acids is 1. The van der Waals surface area contributed by atoms with Crippen molar-refractivity contribution >= 4 is 5.97 Å². The molecule has 1 aromatic rings. The summed E-state index contributed by atoms with van der Waals surface area (Å²) in [6, 6.07) is 5.16. The molecule has 0 aromatic heterocycles. The topological polar surface area (TPSA) is 176 Å². The molecule has 14 nitrogen and oxygen atoms in total. The molecule has 3 fully saturated rings. The number of hydrogen-bond acceptors (Lipinski definition) is 14. The number of carbonyl (C=O) groups is 1. The zero-order valence-electron chi connectivity index (χ0n) is 38.2. The minimum Gasteiger partial charge on any atom is -0.485 e. The standard InChI is InChI=1S/C45H77FN2O12/c1-13-21-48-54-25-34-31(8)56-37(23-44(34,10)53-12)59-38-28(5)40(60-42-35(20-15-27(4)55-42)57-33-18-16-32(46)17-19-33)43(9,51)22-26(3)24-47-30(7)39(49)45(11,52)36(14-2)58-41(50)29(38)6/h16-19,26-31,34-40,42,47-49,51-52H,13-15,20-25H2,1-12H3/t26-,27-,28+,29-,30-,31+,34?,35-,36-,37+,38+,39-,40-,42?,43-,44-,45-/m1/s1. The second-order valence-corrected chi connectivity index (χ2v) is 18.5. The summed E-state index contributed by atoms with van der Waals surface area (Å²) in [4.78, 5) is 20.2. The normalized spacial score (nSPS) is 42.8. The van der Waals surface area contributed by atoms with Gasteiger partial charge in [-0.3, -0.25) is 4.79 Å². The van der Waals surface area contributed by atoms with Gasteiger partial charge in [0.2, 0.25) is 0 Å². The summed E-state index contributed by atoms with van der Waals surface area (Å²) in [6.07, 6.45) is -4.49. The lowest BCUT2D eigenvalue weighted by molar-refractivity contribution is -0.310. The Kier molecular flexibility index (Phi) is 18.6. The number of methoxy groups -OCH3 is 1. The molecule has 3 aliphatic rings. The summed E-state index contributed by atoms with van der Waals surface area (Å²) in [5.41, 5.74) is -1.11. The van der Waals surface area contributed by atoms with Crippen LogP contribution in [0.1, 0.15) is 115 Å². The van der Waals surface area contributed by atoms with Gasteiger partial charge < -0.3 is 58.6 Å². The number of hydroxylamine groups is 1. The number of esters is 1. The van der Waals surface area contributed by atoms with E-state index < -0.39 is 83.7 Å². The van der Waals surface area contributed by atoms with Gasteiger partial charge in [-0.2, -0.15) is 0 Å². The van der Waals surface area contributed by atoms with E-state index in [1.165, 1.54) is 19.1 Å². The maximum Gasteiger partial charge on any atom is 0.311 e. The maximum atomic E-state index is 14.4. The van der Waals surface area contributed by atoms with Crippen LogP contribution in [-0.4, -0.2) is 126 Å². The molecule has 3 saturated heterocycles. The molecule has 1 aromatic carbocycles. The van der Waals surface area contributed by atoms with Crippen LogP contribution in [0.2, 0.25) is 0 Å². The van der Waals surface area contributed by atoms with E-state index in [-0.39, 0.29) is 42.7 Å². The Bertz CT molecular complexity index is 1460. The molecule has 3 aliphatic heterocycles. The predicted octanol–water partition coefficient (Wildman–Crippen LogP) is 5.43. The molecule has 0 saturated carbocycles. The fraction of sp³-hybridized carbons (Fsp3) is 0.844. The Hall–Kier alpha value is -2.02. The smallest absolute Gasteiger partial charge is 0.311 e. The third-order valence-corrected chi connectivity index (χ3v) is 13.1. The van der Waals surface area contributed by atoms with Crippen LogP contribution in [0, 0.1) is 29.5 Å². The number of aliphatic hydroxyl groups is 3. The average Bonchev–Trinajstić information content (AvgIpc) is 3.19. The van der Waals surface area contributed by atoms with Gasteiger partial charge >= 0.3 is 5.97 Å². The Morgan fingerprint density at radius 3 is 2.28 bits per heavy atom. The summed E-state index contributed by atoms with van der Waals surface area (Å²) < 4.78 is 59.3. The van der Waals surface area contributed by atoms with E-state index in [0.29, 0.717) is 44.7 Å². The van der Waals surface area contributed by atoms with Crippen molar-refractivity contribution in [2.75, 3.05) is 26.8 Å². The Morgan fingerprint density at radius 2 is 1.65 bits per heavy atom. The van der Waals surface area contributed by atoms with Crippen molar-refractivity contribution in [2.24, 2.45) is 23.7 Å². The molecule has 0 radical (unpaired) electrons. The molecular formula is C45H77FN2O12. The van der Waals surface area contributed by atoms with Crippen LogP contribution in [-0.2, 0) is 38.1 Å². The van der Waals surface area contributed by atoms with E-state index in [4.69, 9.17) is 38.0 Å². The van der Waals surface area contributed by atoms with Crippen molar-refractivity contribution < 1.29 is 62.5 Å². The molecule has 0 bridgehead atoms. The lowest BCUT2D eigenvalue weighted by Gasteiger charge is -2.49. The number of ether oxygens (including phenoxy) is 7. The molecule has 0 aliphatic carbocycles. The van der Waals surface area contributed by atoms with Crippen molar-refractivity contribution in [3.8, 4) is 5.75 Å². The van der Waals surface area contributed by atoms with Crippen molar-refractivity contribution in [1.29, 1.82) is 0 Å². The second-order valence-electron chi connectivity index (χ2n) is 18.5. The molecule has 17 atom stereocenters. The molecule has 0 amide bonds. The van der Waals surface area contributed by atoms with Gasteiger partial charge in [-0.05, 0) is 117 Å². The minimum absolute atomic E-state index is 0.159. The van der Waals surface area contributed by atoms with Gasteiger partial charge in [0.15, 0.2) is 12.6 Å². The third-order valence-electron chi connectivity index (χ3n) is 13.1. The van der Waals surface area contributed by atoms with Gasteiger partial charge in [-0.25, -0.2) is 9.87 Å². The van der Waals surface area contributed by atoms with E-state index in [1.54, 1.807) is 46.9 Å². The fourth-order valence-corrected chi connectivity index (χ4v) is 9.27. The highest BCUT2D eigenvalue weighted by Gasteiger charge is 2.52. The van der Waals surface area contributed by atoms with Crippen LogP contribution in [0.5, 0.6) is 5.75 Å². The molecule has 346 valence electrons. The number of halogens is 1. The number of hydrogen-bond donors (Lipinski definition) is 5. The first-order chi connectivity index (χ1) is 28.2. The number of aliphatic hydroxyl groups excluding tert-OH is 1. The third kappa shape index (κ3) is 12.8. The van der Waals surface area contributed by atoms with E-state index in [9.17, 15) is 24.5 Å². The SMILES string of the molecule is CCCNOCC1[C@H](C)O[C@@H](O[C@H]2[C@H](C)[C@@H](OC3O[C@H](C)CC[C@H]3Oc3ccc(F)cc3)[C@](C)(O)C[C@@H](C)CN[C@H](C)[C@@H](O)[C@](C)(O)[C@@H](CC)OC(=O)[C@@H]2C)C[C@@]1(C)OC. The zero-order chi connectivity index (χ0) is 44.6. The van der Waals surface area contributed by atoms with Crippen molar-refractivity contribution in [2.45, 2.75) is 193 Å². The molecule has 3 heterocycles. The van der Waals surface area contributed by atoms with Gasteiger partial charge in [0, 0.05) is 38.0 Å². The molecule has 5 N–H and O–H groups in total. The highest BCUT2D eigenvalue weighted by Crippen LogP contribution is 2.42. The largest absolute Gasteiger partial charge is 0.485 e. The molecule has 60 heavy (non-hydrogen) atoms. The van der Waals surface area contributed by atoms with Crippen LogP contribution in [0.4, 0.5) is 4.39 Å². The van der Waals surface area contributed by atoms with E-state index in [0.717, 1.165) is 6.42 Å². The summed E-state index contributed by atoms with van der Waals surface area (Å²) in [5, 5.41) is 39.2. The monoisotopic (exact) mass is 857 g/mol. The Labute approximate surface area is 357 Å². The van der Waals surface area contributed by atoms with Gasteiger partial charge in [0.05, 0.1) is 48.1 Å². The summed E-state index contributed by atoms with van der Waals surface area (Å²) >= 11 is 0. The molecule has 4 rings (SSSR count). The lowest BCUT2D eigenvalue weighted by Crippen LogP contribution is -2.59. The zero-order valence-corrected chi connectivity index (χ0v) is 38.2. The van der Waals surface area contributed by atoms with Gasteiger partial charge in [0.25, 0.3) is 0 Å². The quantitative estimate of drug-likeness (QED) is 0.0965. The van der Waals surface area contributed by atoms with Crippen molar-refractivity contribution in [3.63, 3.8) is 0 Å². The Balaban J connectivity index is 1.78. The first-order valence-corrected chi connectivity index (χ1v) is 22.2. The lowest BCUT2D eigenvalue weighted by atomic mass is 9.77. The van der Waals surface area contributed by atoms with Crippen LogP contribution >= 0.6 is 0 Å². The predicted molar refractivity (Wildman–Crippen MR) is 223 cm³/mol. The van der Waals surface area contributed by atoms with Gasteiger partial charge in [0.1, 0.15) is 35.5 Å². The first-order valence-electron chi connectivity index (χ1n) is 22.2. The second kappa shape index (κ2) is 22.1. The van der Waals surface area contributed by atoms with Crippen LogP contribution in [0.15, 0.2) is 24.3 Å². The van der Waals surface area contributed by atoms with Crippen LogP contribution < -0.4 is 15.5 Å². The number of cyclic esters (lactones) is 1. The molecular weight excluding hydrogens is 779 g/mol. The summed E-state index contributed by atoms with van der Waals surface area (Å²) in [7, 11) is 1.65. The summed E-state index contributed by atoms with van der Waals surface area (Å²) in [5.74, 6) is -2.66. The van der Waals surface area contributed by atoms with Crippen molar-refractivity contribution in [3.05, 3.63) is 30.1 Å². The van der Waals surface area contributed by atoms with Gasteiger partial charge in [-0.15, -0.1) is 0 Å². The van der Waals surface area contributed by atoms with E-state index in [2.05, 4.69) is 17.7 Å². The van der Waals surface area contributed by atoms with Gasteiger partial charge in [-0.1, -0.05) is 27.7 Å². The number of nitrogens with one attached hydrogen (secondary N) is 2. The summed E-state index contributed by atoms with van der Waals surface area (Å²) in [6.45, 7) is 21.6. The molecule has 0 spiro atoms. The van der Waals surface area contributed by atoms with E-state index in [1.807, 2.05) is 34.6 Å². The molecule has 2 unspecified atom stereocenters. The minimum atomic E-state index is -1.81. The number of rotatable bonds is 13. The first kappa shape index (κ1) is 50.6.